The van der Waals surface area contributed by atoms with Gasteiger partial charge in [-0.15, -0.1) is 10.2 Å². The third kappa shape index (κ3) is 4.11. The second-order valence-electron chi connectivity index (χ2n) is 5.43. The van der Waals surface area contributed by atoms with E-state index in [2.05, 4.69) is 10.2 Å². The van der Waals surface area contributed by atoms with E-state index in [1.54, 1.807) is 49.4 Å². The minimum Gasteiger partial charge on any atom is -0.494 e. The number of carbonyl (C=O) groups is 1. The molecular weight excluding hydrogens is 355 g/mol. The summed E-state index contributed by atoms with van der Waals surface area (Å²) in [6.45, 7) is 4.23. The number of hydrogen-bond acceptors (Lipinski definition) is 6. The number of aromatic nitrogens is 2. The number of Topliss-reactive ketones (excluding diaryl/α,β-unsaturated/α-hetero) is 1. The summed E-state index contributed by atoms with van der Waals surface area (Å²) in [4.78, 5) is 12.5. The van der Waals surface area contributed by atoms with Crippen molar-refractivity contribution in [1.82, 2.24) is 10.2 Å². The number of rotatable bonds is 7. The first-order valence-corrected chi connectivity index (χ1v) is 8.98. The van der Waals surface area contributed by atoms with Crippen LogP contribution in [0, 0.1) is 5.82 Å². The maximum atomic E-state index is 13.8. The average Bonchev–Trinajstić information content (AvgIpc) is 3.10. The highest BCUT2D eigenvalue weighted by atomic mass is 32.2. The Balaban J connectivity index is 1.69. The lowest BCUT2D eigenvalue weighted by molar-refractivity contribution is 0.0993. The van der Waals surface area contributed by atoms with Crippen LogP contribution in [0.5, 0.6) is 5.75 Å². The van der Waals surface area contributed by atoms with Crippen molar-refractivity contribution in [3.05, 3.63) is 59.9 Å². The van der Waals surface area contributed by atoms with Crippen LogP contribution >= 0.6 is 11.8 Å². The fourth-order valence-corrected chi connectivity index (χ4v) is 3.08. The number of nitrogens with zero attached hydrogens (tertiary/aromatic N) is 2. The molecule has 0 unspecified atom stereocenters. The van der Waals surface area contributed by atoms with Gasteiger partial charge in [-0.2, -0.15) is 0 Å². The summed E-state index contributed by atoms with van der Waals surface area (Å²) in [6.07, 6.45) is 0. The van der Waals surface area contributed by atoms with Gasteiger partial charge in [0.2, 0.25) is 0 Å². The molecule has 1 heterocycles. The average molecular weight is 372 g/mol. The minimum absolute atomic E-state index is 0.0660. The number of halogens is 1. The predicted octanol–water partition coefficient (Wildman–Crippen LogP) is 4.64. The van der Waals surface area contributed by atoms with Gasteiger partial charge in [0.1, 0.15) is 11.6 Å². The number of carbonyl (C=O) groups excluding carboxylic acids is 1. The van der Waals surface area contributed by atoms with Gasteiger partial charge in [-0.3, -0.25) is 4.79 Å². The van der Waals surface area contributed by atoms with E-state index in [1.807, 2.05) is 6.92 Å². The van der Waals surface area contributed by atoms with Crippen molar-refractivity contribution >= 4 is 17.5 Å². The normalized spacial score (nSPS) is 12.0. The van der Waals surface area contributed by atoms with Crippen LogP contribution in [-0.2, 0) is 0 Å². The summed E-state index contributed by atoms with van der Waals surface area (Å²) in [5.41, 5.74) is 0.805. The van der Waals surface area contributed by atoms with E-state index in [4.69, 9.17) is 9.15 Å². The molecule has 0 amide bonds. The summed E-state index contributed by atoms with van der Waals surface area (Å²) in [5, 5.41) is 7.54. The zero-order valence-electron chi connectivity index (χ0n) is 14.3. The Labute approximate surface area is 154 Å². The lowest BCUT2D eigenvalue weighted by Crippen LogP contribution is -2.13. The summed E-state index contributed by atoms with van der Waals surface area (Å²) in [7, 11) is 0. The van der Waals surface area contributed by atoms with Gasteiger partial charge in [0, 0.05) is 5.56 Å². The molecule has 26 heavy (non-hydrogen) atoms. The molecule has 0 fully saturated rings. The van der Waals surface area contributed by atoms with Gasteiger partial charge in [-0.05, 0) is 50.2 Å². The third-order valence-corrected chi connectivity index (χ3v) is 4.54. The molecule has 0 N–H and O–H groups in total. The first-order valence-electron chi connectivity index (χ1n) is 8.10. The fraction of sp³-hybridized carbons (Fsp3) is 0.211. The van der Waals surface area contributed by atoms with Crippen LogP contribution in [0.3, 0.4) is 0 Å². The molecule has 5 nitrogen and oxygen atoms in total. The van der Waals surface area contributed by atoms with E-state index >= 15 is 0 Å². The smallest absolute Gasteiger partial charge is 0.277 e. The number of benzene rings is 2. The Hall–Kier alpha value is -2.67. The first kappa shape index (κ1) is 18.1. The van der Waals surface area contributed by atoms with E-state index < -0.39 is 11.1 Å². The van der Waals surface area contributed by atoms with Crippen LogP contribution in [0.25, 0.3) is 11.5 Å². The molecular formula is C19H17FN2O3S. The molecule has 0 spiro atoms. The minimum atomic E-state index is -0.439. The van der Waals surface area contributed by atoms with Crippen LogP contribution in [0.2, 0.25) is 0 Å². The highest BCUT2D eigenvalue weighted by molar-refractivity contribution is 8.00. The van der Waals surface area contributed by atoms with E-state index in [-0.39, 0.29) is 22.5 Å². The molecule has 0 aliphatic heterocycles. The van der Waals surface area contributed by atoms with Crippen molar-refractivity contribution in [2.45, 2.75) is 24.3 Å². The molecule has 0 aliphatic carbocycles. The number of ether oxygens (including phenoxy) is 1. The van der Waals surface area contributed by atoms with Crippen molar-refractivity contribution < 1.29 is 18.3 Å². The Morgan fingerprint density at radius 1 is 1.19 bits per heavy atom. The van der Waals surface area contributed by atoms with Gasteiger partial charge in [0.05, 0.1) is 17.4 Å². The SMILES string of the molecule is CCOc1ccc(C(=O)[C@@H](C)Sc2nnc(-c3ccccc3F)o2)cc1. The molecule has 0 radical (unpaired) electrons. The van der Waals surface area contributed by atoms with Crippen LogP contribution in [-0.4, -0.2) is 27.8 Å². The summed E-state index contributed by atoms with van der Waals surface area (Å²) in [6, 6.07) is 13.1. The van der Waals surface area contributed by atoms with Crippen molar-refractivity contribution in [3.63, 3.8) is 0 Å². The van der Waals surface area contributed by atoms with E-state index in [0.717, 1.165) is 17.5 Å². The van der Waals surface area contributed by atoms with E-state index in [9.17, 15) is 9.18 Å². The van der Waals surface area contributed by atoms with Gasteiger partial charge in [0.15, 0.2) is 5.78 Å². The molecule has 0 saturated heterocycles. The molecule has 0 bridgehead atoms. The lowest BCUT2D eigenvalue weighted by atomic mass is 10.1. The van der Waals surface area contributed by atoms with Crippen molar-refractivity contribution in [2.24, 2.45) is 0 Å². The van der Waals surface area contributed by atoms with E-state index in [0.29, 0.717) is 12.2 Å². The van der Waals surface area contributed by atoms with Gasteiger partial charge in [-0.25, -0.2) is 4.39 Å². The van der Waals surface area contributed by atoms with Crippen molar-refractivity contribution in [2.75, 3.05) is 6.61 Å². The molecule has 2 aromatic carbocycles. The second-order valence-corrected chi connectivity index (χ2v) is 6.73. The number of thioether (sulfide) groups is 1. The Kier molecular flexibility index (Phi) is 5.68. The topological polar surface area (TPSA) is 65.2 Å². The van der Waals surface area contributed by atoms with Gasteiger partial charge in [0.25, 0.3) is 11.1 Å². The van der Waals surface area contributed by atoms with Crippen LogP contribution in [0.15, 0.2) is 58.2 Å². The summed E-state index contributed by atoms with van der Waals surface area (Å²) >= 11 is 1.14. The van der Waals surface area contributed by atoms with Crippen molar-refractivity contribution in [3.8, 4) is 17.2 Å². The maximum Gasteiger partial charge on any atom is 0.277 e. The highest BCUT2D eigenvalue weighted by Crippen LogP contribution is 2.29. The molecule has 3 rings (SSSR count). The zero-order chi connectivity index (χ0) is 18.5. The van der Waals surface area contributed by atoms with Gasteiger partial charge in [-0.1, -0.05) is 23.9 Å². The van der Waals surface area contributed by atoms with Crippen LogP contribution in [0.4, 0.5) is 4.39 Å². The molecule has 134 valence electrons. The maximum absolute atomic E-state index is 13.8. The monoisotopic (exact) mass is 372 g/mol. The molecule has 1 atom stereocenters. The molecule has 0 aliphatic rings. The molecule has 1 aromatic heterocycles. The van der Waals surface area contributed by atoms with Gasteiger partial charge < -0.3 is 9.15 Å². The van der Waals surface area contributed by atoms with Crippen molar-refractivity contribution in [1.29, 1.82) is 0 Å². The largest absolute Gasteiger partial charge is 0.494 e. The standard InChI is InChI=1S/C19H17FN2O3S/c1-3-24-14-10-8-13(9-11-14)17(23)12(2)26-19-22-21-18(25-19)15-6-4-5-7-16(15)20/h4-12H,3H2,1-2H3/t12-/m1/s1. The van der Waals surface area contributed by atoms with Crippen LogP contribution < -0.4 is 4.74 Å². The molecule has 3 aromatic rings. The molecule has 0 saturated carbocycles. The third-order valence-electron chi connectivity index (χ3n) is 3.61. The quantitative estimate of drug-likeness (QED) is 0.445. The lowest BCUT2D eigenvalue weighted by Gasteiger charge is -2.08. The summed E-state index contributed by atoms with van der Waals surface area (Å²) < 4.78 is 24.6. The van der Waals surface area contributed by atoms with E-state index in [1.165, 1.54) is 6.07 Å². The number of ketones is 1. The molecule has 7 heteroatoms. The fourth-order valence-electron chi connectivity index (χ4n) is 2.32. The second kappa shape index (κ2) is 8.14. The first-order chi connectivity index (χ1) is 12.6. The number of hydrogen-bond donors (Lipinski definition) is 0. The summed E-state index contributed by atoms with van der Waals surface area (Å²) in [5.74, 6) is 0.303. The Morgan fingerprint density at radius 3 is 2.62 bits per heavy atom. The Morgan fingerprint density at radius 2 is 1.92 bits per heavy atom. The predicted molar refractivity (Wildman–Crippen MR) is 97.0 cm³/mol. The van der Waals surface area contributed by atoms with Crippen LogP contribution in [0.1, 0.15) is 24.2 Å². The zero-order valence-corrected chi connectivity index (χ0v) is 15.1. The van der Waals surface area contributed by atoms with Gasteiger partial charge >= 0.3 is 0 Å². The Bertz CT molecular complexity index is 896. The highest BCUT2D eigenvalue weighted by Gasteiger charge is 2.21.